The molecule has 0 spiro atoms. The average molecular weight is 279 g/mol. The van der Waals surface area contributed by atoms with Crippen LogP contribution in [0.1, 0.15) is 17.3 Å². The van der Waals surface area contributed by atoms with Crippen LogP contribution in [0, 0.1) is 11.6 Å². The number of aromatic nitrogens is 2. The molecule has 2 aromatic rings. The van der Waals surface area contributed by atoms with E-state index in [2.05, 4.69) is 5.10 Å². The lowest BCUT2D eigenvalue weighted by molar-refractivity contribution is 0.101. The van der Waals surface area contributed by atoms with Crippen LogP contribution in [0.25, 0.3) is 11.1 Å². The Hall–Kier alpha value is -2.57. The van der Waals surface area contributed by atoms with E-state index < -0.39 is 34.1 Å². The lowest BCUT2D eigenvalue weighted by atomic mass is 9.99. The zero-order valence-corrected chi connectivity index (χ0v) is 10.8. The molecule has 0 aliphatic carbocycles. The molecule has 0 radical (unpaired) electrons. The van der Waals surface area contributed by atoms with Crippen LogP contribution in [0.4, 0.5) is 14.5 Å². The number of benzene rings is 1. The molecule has 1 heterocycles. The molecule has 0 amide bonds. The summed E-state index contributed by atoms with van der Waals surface area (Å²) in [4.78, 5) is 22.9. The third kappa shape index (κ3) is 2.18. The van der Waals surface area contributed by atoms with E-state index in [0.717, 1.165) is 29.9 Å². The minimum atomic E-state index is -1.09. The molecule has 0 saturated carbocycles. The van der Waals surface area contributed by atoms with Crippen molar-refractivity contribution in [2.24, 2.45) is 7.05 Å². The molecule has 0 atom stereocenters. The van der Waals surface area contributed by atoms with E-state index in [1.54, 1.807) is 0 Å². The van der Waals surface area contributed by atoms with Crippen LogP contribution in [-0.2, 0) is 7.05 Å². The van der Waals surface area contributed by atoms with Crippen molar-refractivity contribution in [3.05, 3.63) is 45.9 Å². The Morgan fingerprint density at radius 2 is 2.00 bits per heavy atom. The quantitative estimate of drug-likeness (QED) is 0.667. The smallest absolute Gasteiger partial charge is 0.267 e. The fourth-order valence-electron chi connectivity index (χ4n) is 1.87. The second kappa shape index (κ2) is 4.84. The van der Waals surface area contributed by atoms with Gasteiger partial charge in [-0.05, 0) is 13.0 Å². The lowest BCUT2D eigenvalue weighted by Crippen LogP contribution is -2.18. The molecular formula is C13H11F2N3O2. The summed E-state index contributed by atoms with van der Waals surface area (Å²) >= 11 is 0. The van der Waals surface area contributed by atoms with Crippen LogP contribution in [-0.4, -0.2) is 15.6 Å². The molecule has 1 aromatic heterocycles. The second-order valence-corrected chi connectivity index (χ2v) is 4.27. The van der Waals surface area contributed by atoms with Crippen molar-refractivity contribution in [3.63, 3.8) is 0 Å². The summed E-state index contributed by atoms with van der Waals surface area (Å²) in [6.07, 6.45) is 1.14. The number of ketones is 1. The molecule has 7 heteroatoms. The Morgan fingerprint density at radius 1 is 1.35 bits per heavy atom. The number of anilines is 1. The molecule has 0 unspecified atom stereocenters. The number of halogens is 2. The minimum Gasteiger partial charge on any atom is -0.398 e. The molecule has 20 heavy (non-hydrogen) atoms. The molecule has 0 fully saturated rings. The van der Waals surface area contributed by atoms with Gasteiger partial charge >= 0.3 is 0 Å². The summed E-state index contributed by atoms with van der Waals surface area (Å²) in [6.45, 7) is 1.12. The van der Waals surface area contributed by atoms with Crippen molar-refractivity contribution >= 4 is 11.5 Å². The predicted molar refractivity (Wildman–Crippen MR) is 69.2 cm³/mol. The maximum Gasteiger partial charge on any atom is 0.267 e. The topological polar surface area (TPSA) is 78.0 Å². The van der Waals surface area contributed by atoms with Crippen molar-refractivity contribution in [2.75, 3.05) is 5.73 Å². The molecule has 104 valence electrons. The number of Topliss-reactive ketones (excluding diaryl/α,β-unsaturated/α-hetero) is 1. The number of nitrogens with zero attached hydrogens (tertiary/aromatic N) is 2. The summed E-state index contributed by atoms with van der Waals surface area (Å²) in [5, 5.41) is 3.69. The highest BCUT2D eigenvalue weighted by atomic mass is 19.1. The van der Waals surface area contributed by atoms with E-state index in [1.165, 1.54) is 7.05 Å². The maximum absolute atomic E-state index is 14.3. The maximum atomic E-state index is 14.3. The van der Waals surface area contributed by atoms with Gasteiger partial charge in [-0.3, -0.25) is 9.59 Å². The molecule has 0 bridgehead atoms. The summed E-state index contributed by atoms with van der Waals surface area (Å²) < 4.78 is 29.2. The number of carbonyl (C=O) groups excluding carboxylic acids is 1. The van der Waals surface area contributed by atoms with Crippen molar-refractivity contribution in [1.29, 1.82) is 0 Å². The number of carbonyl (C=O) groups is 1. The first kappa shape index (κ1) is 13.9. The number of hydrogen-bond acceptors (Lipinski definition) is 4. The van der Waals surface area contributed by atoms with Gasteiger partial charge in [0.25, 0.3) is 5.56 Å². The fourth-order valence-corrected chi connectivity index (χ4v) is 1.87. The Morgan fingerprint density at radius 3 is 2.55 bits per heavy atom. The van der Waals surface area contributed by atoms with E-state index in [9.17, 15) is 18.4 Å². The Balaban J connectivity index is 2.80. The molecule has 2 N–H and O–H groups in total. The predicted octanol–water partition coefficient (Wildman–Crippen LogP) is 1.51. The van der Waals surface area contributed by atoms with Crippen LogP contribution < -0.4 is 11.3 Å². The van der Waals surface area contributed by atoms with Crippen molar-refractivity contribution < 1.29 is 13.6 Å². The summed E-state index contributed by atoms with van der Waals surface area (Å²) in [5.41, 5.74) is 3.69. The van der Waals surface area contributed by atoms with Crippen LogP contribution in [0.3, 0.4) is 0 Å². The number of aryl methyl sites for hydroxylation is 1. The van der Waals surface area contributed by atoms with Crippen LogP contribution >= 0.6 is 0 Å². The summed E-state index contributed by atoms with van der Waals surface area (Å²) in [7, 11) is 1.41. The largest absolute Gasteiger partial charge is 0.398 e. The molecule has 0 aliphatic heterocycles. The van der Waals surface area contributed by atoms with Gasteiger partial charge in [-0.25, -0.2) is 13.5 Å². The fraction of sp³-hybridized carbons (Fsp3) is 0.154. The van der Waals surface area contributed by atoms with Gasteiger partial charge in [0.1, 0.15) is 11.6 Å². The molecular weight excluding hydrogens is 268 g/mol. The monoisotopic (exact) mass is 279 g/mol. The van der Waals surface area contributed by atoms with Crippen LogP contribution in [0.5, 0.6) is 0 Å². The van der Waals surface area contributed by atoms with E-state index >= 15 is 0 Å². The first-order valence-corrected chi connectivity index (χ1v) is 5.65. The normalized spacial score (nSPS) is 10.6. The van der Waals surface area contributed by atoms with E-state index in [-0.39, 0.29) is 11.3 Å². The second-order valence-electron chi connectivity index (χ2n) is 4.27. The Labute approximate surface area is 112 Å². The Bertz CT molecular complexity index is 769. The zero-order valence-electron chi connectivity index (χ0n) is 10.8. The SMILES string of the molecule is CC(=O)c1c(N)cc(F)c(-c2cnn(C)c(=O)c2)c1F. The molecule has 5 nitrogen and oxygen atoms in total. The summed E-state index contributed by atoms with van der Waals surface area (Å²) in [5.74, 6) is -2.68. The van der Waals surface area contributed by atoms with E-state index in [0.29, 0.717) is 0 Å². The third-order valence-corrected chi connectivity index (χ3v) is 2.86. The van der Waals surface area contributed by atoms with Gasteiger partial charge in [-0.15, -0.1) is 0 Å². The summed E-state index contributed by atoms with van der Waals surface area (Å²) in [6, 6.07) is 1.89. The minimum absolute atomic E-state index is 0.0504. The van der Waals surface area contributed by atoms with Crippen molar-refractivity contribution in [2.45, 2.75) is 6.92 Å². The van der Waals surface area contributed by atoms with Crippen molar-refractivity contribution in [3.8, 4) is 11.1 Å². The Kier molecular flexibility index (Phi) is 3.35. The molecule has 2 rings (SSSR count). The molecule has 0 saturated heterocycles. The first-order chi connectivity index (χ1) is 9.32. The lowest BCUT2D eigenvalue weighted by Gasteiger charge is -2.10. The highest BCUT2D eigenvalue weighted by Crippen LogP contribution is 2.30. The van der Waals surface area contributed by atoms with Gasteiger partial charge < -0.3 is 5.73 Å². The van der Waals surface area contributed by atoms with Gasteiger partial charge in [-0.1, -0.05) is 0 Å². The van der Waals surface area contributed by atoms with Gasteiger partial charge in [-0.2, -0.15) is 5.10 Å². The third-order valence-electron chi connectivity index (χ3n) is 2.86. The van der Waals surface area contributed by atoms with E-state index in [1.807, 2.05) is 0 Å². The number of nitrogen functional groups attached to an aromatic ring is 1. The van der Waals surface area contributed by atoms with Gasteiger partial charge in [0.05, 0.1) is 17.3 Å². The molecule has 0 aliphatic rings. The average Bonchev–Trinajstić information content (AvgIpc) is 2.32. The number of hydrogen-bond donors (Lipinski definition) is 1. The van der Waals surface area contributed by atoms with Crippen LogP contribution in [0.15, 0.2) is 23.1 Å². The number of rotatable bonds is 2. The highest BCUT2D eigenvalue weighted by Gasteiger charge is 2.21. The van der Waals surface area contributed by atoms with E-state index in [4.69, 9.17) is 5.73 Å². The van der Waals surface area contributed by atoms with Crippen LogP contribution in [0.2, 0.25) is 0 Å². The number of nitrogens with two attached hydrogens (primary N) is 1. The first-order valence-electron chi connectivity index (χ1n) is 5.65. The van der Waals surface area contributed by atoms with Gasteiger partial charge in [0.15, 0.2) is 5.78 Å². The zero-order chi connectivity index (χ0) is 15.0. The highest BCUT2D eigenvalue weighted by molar-refractivity contribution is 6.00. The van der Waals surface area contributed by atoms with Gasteiger partial charge in [0, 0.05) is 24.4 Å². The van der Waals surface area contributed by atoms with Gasteiger partial charge in [0.2, 0.25) is 0 Å². The standard InChI is InChI=1S/C13H11F2N3O2/c1-6(19)11-9(16)4-8(14)12(13(11)15)7-3-10(20)18(2)17-5-7/h3-5H,16H2,1-2H3. The molecule has 1 aromatic carbocycles. The van der Waals surface area contributed by atoms with Crippen molar-refractivity contribution in [1.82, 2.24) is 9.78 Å².